The molecule has 0 aliphatic carbocycles. The summed E-state index contributed by atoms with van der Waals surface area (Å²) in [6.07, 6.45) is 0. The Hall–Kier alpha value is -7.82. The molecule has 0 bridgehead atoms. The number of furan rings is 4. The molecule has 58 heavy (non-hydrogen) atoms. The lowest BCUT2D eigenvalue weighted by Gasteiger charge is -2.07. The van der Waals surface area contributed by atoms with Crippen LogP contribution in [0.1, 0.15) is 0 Å². The first-order valence-corrected chi connectivity index (χ1v) is 19.5. The minimum Gasteiger partial charge on any atom is -0.452 e. The monoisotopic (exact) mass is 742 g/mol. The fourth-order valence-corrected chi connectivity index (χ4v) is 8.99. The summed E-state index contributed by atoms with van der Waals surface area (Å²) >= 11 is 0. The van der Waals surface area contributed by atoms with Crippen LogP contribution < -0.4 is 0 Å². The van der Waals surface area contributed by atoms with Crippen molar-refractivity contribution in [3.8, 4) is 44.5 Å². The van der Waals surface area contributed by atoms with Gasteiger partial charge in [-0.25, -0.2) is 0 Å². The molecule has 13 aromatic rings. The van der Waals surface area contributed by atoms with Crippen LogP contribution in [-0.2, 0) is 0 Å². The molecule has 270 valence electrons. The molecule has 4 aromatic heterocycles. The number of rotatable bonds is 4. The number of fused-ring (bicyclic) bond motifs is 14. The molecule has 0 amide bonds. The first-order valence-electron chi connectivity index (χ1n) is 19.5. The summed E-state index contributed by atoms with van der Waals surface area (Å²) in [4.78, 5) is 0. The second-order valence-electron chi connectivity index (χ2n) is 15.2. The Labute approximate surface area is 330 Å². The van der Waals surface area contributed by atoms with Crippen molar-refractivity contribution in [2.24, 2.45) is 0 Å². The molecule has 4 nitrogen and oxygen atoms in total. The fourth-order valence-electron chi connectivity index (χ4n) is 8.99. The minimum absolute atomic E-state index is 0.772. The molecular formula is C54H30O4. The standard InChI is InChI=1S/C54H30O4/c1-3-8-31(9-4-1)35-14-22-47-43(27-35)39-18-20-41-45-29-37(16-24-49(45)57-53(41)51(39)55-47)33-12-7-13-34(26-33)38-17-25-50-46(30-38)42-21-19-40-44-28-36(32-10-5-2-6-11-32)15-23-48(44)56-52(40)54(42)58-50/h1-30H. The number of benzene rings is 9. The topological polar surface area (TPSA) is 52.6 Å². The Bertz CT molecular complexity index is 3540. The van der Waals surface area contributed by atoms with Crippen molar-refractivity contribution >= 4 is 87.8 Å². The number of hydrogen-bond donors (Lipinski definition) is 0. The maximum Gasteiger partial charge on any atom is 0.178 e. The smallest absolute Gasteiger partial charge is 0.178 e. The van der Waals surface area contributed by atoms with Gasteiger partial charge in [0.25, 0.3) is 0 Å². The molecule has 0 N–H and O–H groups in total. The first kappa shape index (κ1) is 31.4. The quantitative estimate of drug-likeness (QED) is 0.180. The van der Waals surface area contributed by atoms with E-state index < -0.39 is 0 Å². The van der Waals surface area contributed by atoms with Crippen LogP contribution in [0.15, 0.2) is 200 Å². The second-order valence-corrected chi connectivity index (χ2v) is 15.2. The molecule has 0 atom stereocenters. The van der Waals surface area contributed by atoms with E-state index in [2.05, 4.69) is 170 Å². The van der Waals surface area contributed by atoms with E-state index in [0.717, 1.165) is 121 Å². The first-order chi connectivity index (χ1) is 28.7. The van der Waals surface area contributed by atoms with E-state index in [-0.39, 0.29) is 0 Å². The molecule has 0 aliphatic rings. The predicted molar refractivity (Wildman–Crippen MR) is 237 cm³/mol. The largest absolute Gasteiger partial charge is 0.452 e. The van der Waals surface area contributed by atoms with Crippen LogP contribution in [0.25, 0.3) is 132 Å². The van der Waals surface area contributed by atoms with Crippen LogP contribution in [0.2, 0.25) is 0 Å². The summed E-state index contributed by atoms with van der Waals surface area (Å²) < 4.78 is 26.0. The van der Waals surface area contributed by atoms with E-state index in [4.69, 9.17) is 17.7 Å². The van der Waals surface area contributed by atoms with Gasteiger partial charge in [-0.05, 0) is 123 Å². The van der Waals surface area contributed by atoms with Crippen molar-refractivity contribution in [1.29, 1.82) is 0 Å². The van der Waals surface area contributed by atoms with Crippen LogP contribution in [-0.4, -0.2) is 0 Å². The van der Waals surface area contributed by atoms with Crippen LogP contribution in [0.3, 0.4) is 0 Å². The Morgan fingerprint density at radius 3 is 0.793 bits per heavy atom. The zero-order chi connectivity index (χ0) is 37.9. The van der Waals surface area contributed by atoms with Gasteiger partial charge < -0.3 is 17.7 Å². The van der Waals surface area contributed by atoms with E-state index in [1.807, 2.05) is 12.1 Å². The highest BCUT2D eigenvalue weighted by molar-refractivity contribution is 6.21. The molecule has 4 heterocycles. The zero-order valence-corrected chi connectivity index (χ0v) is 31.0. The van der Waals surface area contributed by atoms with Gasteiger partial charge in [0.1, 0.15) is 22.3 Å². The van der Waals surface area contributed by atoms with Gasteiger partial charge in [0.2, 0.25) is 0 Å². The molecule has 0 fully saturated rings. The molecule has 9 aromatic carbocycles. The summed E-state index contributed by atoms with van der Waals surface area (Å²) in [6, 6.07) is 63.9. The molecule has 0 saturated carbocycles. The molecule has 0 saturated heterocycles. The molecular weight excluding hydrogens is 713 g/mol. The average molecular weight is 743 g/mol. The normalized spacial score (nSPS) is 12.1. The molecule has 0 aliphatic heterocycles. The maximum atomic E-state index is 6.52. The Balaban J connectivity index is 0.875. The summed E-state index contributed by atoms with van der Waals surface area (Å²) in [7, 11) is 0. The summed E-state index contributed by atoms with van der Waals surface area (Å²) in [6.45, 7) is 0. The summed E-state index contributed by atoms with van der Waals surface area (Å²) in [5.74, 6) is 0. The molecule has 13 rings (SSSR count). The lowest BCUT2D eigenvalue weighted by Crippen LogP contribution is -1.82. The van der Waals surface area contributed by atoms with Crippen molar-refractivity contribution in [1.82, 2.24) is 0 Å². The van der Waals surface area contributed by atoms with Gasteiger partial charge in [-0.2, -0.15) is 0 Å². The third kappa shape index (κ3) is 4.63. The van der Waals surface area contributed by atoms with Gasteiger partial charge in [0.05, 0.1) is 0 Å². The number of hydrogen-bond acceptors (Lipinski definition) is 4. The van der Waals surface area contributed by atoms with Crippen LogP contribution >= 0.6 is 0 Å². The lowest BCUT2D eigenvalue weighted by molar-refractivity contribution is 0.633. The highest BCUT2D eigenvalue weighted by atomic mass is 16.4. The average Bonchev–Trinajstić information content (AvgIpc) is 4.06. The Morgan fingerprint density at radius 1 is 0.190 bits per heavy atom. The molecule has 0 radical (unpaired) electrons. The third-order valence-corrected chi connectivity index (χ3v) is 11.9. The Kier molecular flexibility index (Phi) is 6.41. The zero-order valence-electron chi connectivity index (χ0n) is 31.0. The van der Waals surface area contributed by atoms with Crippen LogP contribution in [0.5, 0.6) is 0 Å². The van der Waals surface area contributed by atoms with E-state index in [9.17, 15) is 0 Å². The Morgan fingerprint density at radius 2 is 0.466 bits per heavy atom. The molecule has 4 heteroatoms. The van der Waals surface area contributed by atoms with Crippen LogP contribution in [0.4, 0.5) is 0 Å². The van der Waals surface area contributed by atoms with Crippen LogP contribution in [0, 0.1) is 0 Å². The third-order valence-electron chi connectivity index (χ3n) is 11.9. The minimum atomic E-state index is 0.772. The molecule has 0 spiro atoms. The SMILES string of the molecule is c1ccc(-c2ccc3oc4c(ccc5c6cc(-c7cccc(-c8ccc9oc%10c(ccc%11c%12cc(-c%13ccccc%13)ccc%12oc%11%10)c9c8)c7)ccc6oc54)c3c2)cc1. The summed E-state index contributed by atoms with van der Waals surface area (Å²) in [5.41, 5.74) is 15.6. The van der Waals surface area contributed by atoms with Crippen molar-refractivity contribution < 1.29 is 17.7 Å². The van der Waals surface area contributed by atoms with Gasteiger partial charge in [-0.3, -0.25) is 0 Å². The van der Waals surface area contributed by atoms with Crippen molar-refractivity contribution in [2.45, 2.75) is 0 Å². The lowest BCUT2D eigenvalue weighted by atomic mass is 9.97. The molecule has 0 unspecified atom stereocenters. The van der Waals surface area contributed by atoms with Crippen molar-refractivity contribution in [2.75, 3.05) is 0 Å². The van der Waals surface area contributed by atoms with E-state index in [1.54, 1.807) is 0 Å². The maximum absolute atomic E-state index is 6.52. The van der Waals surface area contributed by atoms with E-state index in [0.29, 0.717) is 0 Å². The predicted octanol–water partition coefficient (Wildman–Crippen LogP) is 16.0. The highest BCUT2D eigenvalue weighted by Crippen LogP contribution is 2.43. The second kappa shape index (κ2) is 11.8. The van der Waals surface area contributed by atoms with Gasteiger partial charge in [0, 0.05) is 43.1 Å². The summed E-state index contributed by atoms with van der Waals surface area (Å²) in [5, 5.41) is 8.46. The highest BCUT2D eigenvalue weighted by Gasteiger charge is 2.19. The van der Waals surface area contributed by atoms with Gasteiger partial charge in [-0.1, -0.05) is 103 Å². The van der Waals surface area contributed by atoms with E-state index in [1.165, 1.54) is 11.1 Å². The van der Waals surface area contributed by atoms with Crippen molar-refractivity contribution in [3.05, 3.63) is 182 Å². The van der Waals surface area contributed by atoms with Gasteiger partial charge in [-0.15, -0.1) is 0 Å². The van der Waals surface area contributed by atoms with Gasteiger partial charge >= 0.3 is 0 Å². The van der Waals surface area contributed by atoms with E-state index >= 15 is 0 Å². The van der Waals surface area contributed by atoms with Crippen molar-refractivity contribution in [3.63, 3.8) is 0 Å². The van der Waals surface area contributed by atoms with Gasteiger partial charge in [0.15, 0.2) is 22.3 Å². The fraction of sp³-hybridized carbons (Fsp3) is 0.